The first-order chi connectivity index (χ1) is 13.9. The predicted molar refractivity (Wildman–Crippen MR) is 108 cm³/mol. The summed E-state index contributed by atoms with van der Waals surface area (Å²) in [6.07, 6.45) is 6.59. The number of nitrogens with zero attached hydrogens (tertiary/aromatic N) is 1. The molecule has 0 radical (unpaired) electrons. The molecule has 3 aliphatic rings. The number of nitrogens with one attached hydrogen (secondary N) is 2. The van der Waals surface area contributed by atoms with Crippen molar-refractivity contribution in [3.63, 3.8) is 0 Å². The fourth-order valence-corrected chi connectivity index (χ4v) is 5.84. The largest absolute Gasteiger partial charge is 0.282 e. The fourth-order valence-electron chi connectivity index (χ4n) is 4.73. The van der Waals surface area contributed by atoms with Gasteiger partial charge in [0.25, 0.3) is 5.91 Å². The number of likely N-dealkylation sites (tertiary alicyclic amines) is 1. The third-order valence-corrected chi connectivity index (χ3v) is 7.60. The second-order valence-corrected chi connectivity index (χ2v) is 9.62. The minimum atomic E-state index is -0.413. The number of carbonyl (C=O) groups excluding carboxylic acids is 4. The highest BCUT2D eigenvalue weighted by atomic mass is 32.1. The van der Waals surface area contributed by atoms with Crippen LogP contribution >= 0.6 is 11.3 Å². The number of hydrogen-bond acceptors (Lipinski definition) is 5. The van der Waals surface area contributed by atoms with E-state index in [0.717, 1.165) is 44.9 Å². The van der Waals surface area contributed by atoms with E-state index in [9.17, 15) is 19.2 Å². The van der Waals surface area contributed by atoms with E-state index in [1.54, 1.807) is 0 Å². The number of hydrogen-bond donors (Lipinski definition) is 2. The van der Waals surface area contributed by atoms with E-state index in [4.69, 9.17) is 0 Å². The van der Waals surface area contributed by atoms with E-state index in [0.29, 0.717) is 10.8 Å². The molecule has 29 heavy (non-hydrogen) atoms. The standard InChI is InChI=1S/C21H27N3O4S/c1-12-6-7-16-13(10-12)11-17(29-16)19(26)23-22-18(25)8-9-24-20(27)14-4-2-3-5-15(14)21(24)28/h11-12,14-15H,2-10H2,1H3,(H,22,25)(H,23,26)/t12-,14-,15-/m0/s1. The van der Waals surface area contributed by atoms with Crippen molar-refractivity contribution in [3.8, 4) is 0 Å². The molecule has 4 amide bonds. The summed E-state index contributed by atoms with van der Waals surface area (Å²) in [5, 5.41) is 0. The molecule has 8 heteroatoms. The van der Waals surface area contributed by atoms with Crippen LogP contribution in [0.2, 0.25) is 0 Å². The van der Waals surface area contributed by atoms with Crippen LogP contribution in [0.1, 0.15) is 65.6 Å². The molecule has 2 aliphatic carbocycles. The van der Waals surface area contributed by atoms with E-state index in [2.05, 4.69) is 17.8 Å². The molecule has 0 spiro atoms. The molecule has 0 bridgehead atoms. The molecular weight excluding hydrogens is 390 g/mol. The van der Waals surface area contributed by atoms with Gasteiger partial charge in [-0.15, -0.1) is 11.3 Å². The SMILES string of the molecule is C[C@H]1CCc2sc(C(=O)NNC(=O)CCN3C(=O)[C@H]4CCCC[C@@H]4C3=O)cc2C1. The summed E-state index contributed by atoms with van der Waals surface area (Å²) >= 11 is 1.48. The normalized spacial score (nSPS) is 26.1. The van der Waals surface area contributed by atoms with Gasteiger partial charge in [-0.1, -0.05) is 19.8 Å². The van der Waals surface area contributed by atoms with Crippen LogP contribution in [0, 0.1) is 17.8 Å². The van der Waals surface area contributed by atoms with Gasteiger partial charge in [-0.3, -0.25) is 34.9 Å². The van der Waals surface area contributed by atoms with Crippen LogP contribution in [0.15, 0.2) is 6.07 Å². The summed E-state index contributed by atoms with van der Waals surface area (Å²) in [4.78, 5) is 52.4. The number of amides is 4. The van der Waals surface area contributed by atoms with E-state index in [1.807, 2.05) is 6.07 Å². The monoisotopic (exact) mass is 417 g/mol. The topological polar surface area (TPSA) is 95.6 Å². The summed E-state index contributed by atoms with van der Waals surface area (Å²) in [7, 11) is 0. The van der Waals surface area contributed by atoms with Crippen LogP contribution < -0.4 is 10.9 Å². The lowest BCUT2D eigenvalue weighted by atomic mass is 9.81. The summed E-state index contributed by atoms with van der Waals surface area (Å²) < 4.78 is 0. The van der Waals surface area contributed by atoms with Crippen LogP contribution in [-0.4, -0.2) is 35.1 Å². The first-order valence-electron chi connectivity index (χ1n) is 10.5. The van der Waals surface area contributed by atoms with Crippen molar-refractivity contribution in [1.29, 1.82) is 0 Å². The molecule has 1 aliphatic heterocycles. The lowest BCUT2D eigenvalue weighted by Crippen LogP contribution is -2.43. The number of thiophene rings is 1. The Bertz CT molecular complexity index is 825. The number of fused-ring (bicyclic) bond motifs is 2. The van der Waals surface area contributed by atoms with Crippen molar-refractivity contribution < 1.29 is 19.2 Å². The van der Waals surface area contributed by atoms with Crippen LogP contribution in [0.4, 0.5) is 0 Å². The molecule has 2 N–H and O–H groups in total. The quantitative estimate of drug-likeness (QED) is 0.580. The van der Waals surface area contributed by atoms with Gasteiger partial charge in [0, 0.05) is 17.8 Å². The molecule has 3 atom stereocenters. The number of aryl methyl sites for hydroxylation is 1. The average Bonchev–Trinajstić information content (AvgIpc) is 3.24. The van der Waals surface area contributed by atoms with E-state index < -0.39 is 5.91 Å². The van der Waals surface area contributed by atoms with Gasteiger partial charge in [-0.25, -0.2) is 0 Å². The van der Waals surface area contributed by atoms with Crippen molar-refractivity contribution in [2.75, 3.05) is 6.54 Å². The Hall–Kier alpha value is -2.22. The van der Waals surface area contributed by atoms with Crippen molar-refractivity contribution in [2.45, 2.75) is 58.3 Å². The molecule has 4 rings (SSSR count). The summed E-state index contributed by atoms with van der Waals surface area (Å²) in [5.74, 6) is -0.802. The molecule has 1 saturated carbocycles. The first-order valence-corrected chi connectivity index (χ1v) is 11.3. The maximum atomic E-state index is 12.4. The number of carbonyl (C=O) groups is 4. The highest BCUT2D eigenvalue weighted by molar-refractivity contribution is 7.14. The Morgan fingerprint density at radius 2 is 1.79 bits per heavy atom. The van der Waals surface area contributed by atoms with Gasteiger partial charge >= 0.3 is 0 Å². The number of rotatable bonds is 4. The number of imide groups is 1. The van der Waals surface area contributed by atoms with Crippen molar-refractivity contribution in [1.82, 2.24) is 15.8 Å². The minimum Gasteiger partial charge on any atom is -0.282 e. The average molecular weight is 418 g/mol. The van der Waals surface area contributed by atoms with E-state index in [-0.39, 0.29) is 42.5 Å². The Kier molecular flexibility index (Phi) is 5.72. The van der Waals surface area contributed by atoms with Crippen LogP contribution in [0.3, 0.4) is 0 Å². The van der Waals surface area contributed by atoms with E-state index in [1.165, 1.54) is 26.7 Å². The summed E-state index contributed by atoms with van der Waals surface area (Å²) in [6, 6.07) is 1.92. The summed E-state index contributed by atoms with van der Waals surface area (Å²) in [5.41, 5.74) is 6.09. The Labute approximate surface area is 174 Å². The molecule has 0 unspecified atom stereocenters. The molecule has 156 valence electrons. The summed E-state index contributed by atoms with van der Waals surface area (Å²) in [6.45, 7) is 2.28. The lowest BCUT2D eigenvalue weighted by Gasteiger charge is -2.19. The van der Waals surface area contributed by atoms with Gasteiger partial charge in [0.1, 0.15) is 0 Å². The molecule has 1 aromatic rings. The molecule has 2 fully saturated rings. The third-order valence-electron chi connectivity index (χ3n) is 6.36. The van der Waals surface area contributed by atoms with Gasteiger partial charge in [-0.05, 0) is 49.7 Å². The first kappa shape index (κ1) is 20.1. The minimum absolute atomic E-state index is 0.0182. The number of hydrazine groups is 1. The molecular formula is C21H27N3O4S. The second-order valence-electron chi connectivity index (χ2n) is 8.48. The van der Waals surface area contributed by atoms with Crippen LogP contribution in [0.25, 0.3) is 0 Å². The Morgan fingerprint density at radius 1 is 1.10 bits per heavy atom. The molecule has 1 saturated heterocycles. The van der Waals surface area contributed by atoms with Gasteiger partial charge in [0.05, 0.1) is 16.7 Å². The second kappa shape index (κ2) is 8.26. The maximum absolute atomic E-state index is 12.4. The van der Waals surface area contributed by atoms with Crippen LogP contribution in [-0.2, 0) is 27.2 Å². The fraction of sp³-hybridized carbons (Fsp3) is 0.619. The van der Waals surface area contributed by atoms with Crippen molar-refractivity contribution in [2.24, 2.45) is 17.8 Å². The highest BCUT2D eigenvalue weighted by Gasteiger charge is 2.47. The maximum Gasteiger partial charge on any atom is 0.279 e. The van der Waals surface area contributed by atoms with Gasteiger partial charge < -0.3 is 0 Å². The van der Waals surface area contributed by atoms with E-state index >= 15 is 0 Å². The highest BCUT2D eigenvalue weighted by Crippen LogP contribution is 2.38. The predicted octanol–water partition coefficient (Wildman–Crippen LogP) is 2.20. The Morgan fingerprint density at radius 3 is 2.48 bits per heavy atom. The zero-order valence-electron chi connectivity index (χ0n) is 16.7. The van der Waals surface area contributed by atoms with Crippen molar-refractivity contribution in [3.05, 3.63) is 21.4 Å². The van der Waals surface area contributed by atoms with Gasteiger partial charge in [-0.2, -0.15) is 0 Å². The molecule has 2 heterocycles. The Balaban J connectivity index is 1.26. The van der Waals surface area contributed by atoms with Crippen molar-refractivity contribution >= 4 is 35.0 Å². The van der Waals surface area contributed by atoms with Gasteiger partial charge in [0.15, 0.2) is 0 Å². The van der Waals surface area contributed by atoms with Gasteiger partial charge in [0.2, 0.25) is 17.7 Å². The zero-order valence-corrected chi connectivity index (χ0v) is 17.5. The molecule has 1 aromatic heterocycles. The zero-order chi connectivity index (χ0) is 20.5. The lowest BCUT2D eigenvalue weighted by molar-refractivity contribution is -0.140. The molecule has 0 aromatic carbocycles. The smallest absolute Gasteiger partial charge is 0.279 e. The van der Waals surface area contributed by atoms with Crippen LogP contribution in [0.5, 0.6) is 0 Å². The molecule has 7 nitrogen and oxygen atoms in total. The third kappa shape index (κ3) is 4.08.